The van der Waals surface area contributed by atoms with E-state index in [-0.39, 0.29) is 6.10 Å². The summed E-state index contributed by atoms with van der Waals surface area (Å²) in [4.78, 5) is 0. The highest BCUT2D eigenvalue weighted by atomic mass is 16.5. The van der Waals surface area contributed by atoms with Crippen LogP contribution in [0.1, 0.15) is 55.8 Å². The van der Waals surface area contributed by atoms with Gasteiger partial charge in [-0.25, -0.2) is 0 Å². The number of hydrogen-bond acceptors (Lipinski definition) is 2. The molecule has 3 unspecified atom stereocenters. The molecule has 1 aromatic carbocycles. The second-order valence-electron chi connectivity index (χ2n) is 6.01. The molecule has 1 aliphatic heterocycles. The van der Waals surface area contributed by atoms with Gasteiger partial charge >= 0.3 is 0 Å². The summed E-state index contributed by atoms with van der Waals surface area (Å²) in [5.74, 6) is 0.410. The molecule has 104 valence electrons. The van der Waals surface area contributed by atoms with Crippen LogP contribution in [0, 0.1) is 5.92 Å². The van der Waals surface area contributed by atoms with Crippen molar-refractivity contribution in [3.8, 4) is 0 Å². The molecule has 0 aromatic heterocycles. The van der Waals surface area contributed by atoms with Crippen molar-refractivity contribution in [1.82, 2.24) is 0 Å². The molecule has 0 radical (unpaired) electrons. The van der Waals surface area contributed by atoms with Crippen molar-refractivity contribution in [2.75, 3.05) is 6.61 Å². The van der Waals surface area contributed by atoms with Gasteiger partial charge in [-0.1, -0.05) is 24.3 Å². The number of benzene rings is 1. The minimum Gasteiger partial charge on any atom is -0.388 e. The first-order valence-electron chi connectivity index (χ1n) is 7.72. The van der Waals surface area contributed by atoms with Gasteiger partial charge in [0.25, 0.3) is 0 Å². The van der Waals surface area contributed by atoms with E-state index in [9.17, 15) is 5.11 Å². The van der Waals surface area contributed by atoms with Crippen LogP contribution in [-0.4, -0.2) is 17.8 Å². The molecule has 1 saturated heterocycles. The van der Waals surface area contributed by atoms with Crippen LogP contribution in [0.5, 0.6) is 0 Å². The molecule has 2 aliphatic rings. The average Bonchev–Trinajstić information content (AvgIpc) is 2.90. The number of ether oxygens (including phenoxy) is 1. The summed E-state index contributed by atoms with van der Waals surface area (Å²) in [6.07, 6.45) is 8.26. The number of fused-ring (bicyclic) bond motifs is 1. The molecule has 1 heterocycles. The Bertz CT molecular complexity index is 409. The van der Waals surface area contributed by atoms with Gasteiger partial charge in [0.2, 0.25) is 0 Å². The Kier molecular flexibility index (Phi) is 4.19. The number of aliphatic hydroxyl groups excluding tert-OH is 1. The molecular formula is C17H24O2. The second-order valence-corrected chi connectivity index (χ2v) is 6.01. The van der Waals surface area contributed by atoms with E-state index in [0.29, 0.717) is 12.0 Å². The molecular weight excluding hydrogens is 236 g/mol. The first-order valence-corrected chi connectivity index (χ1v) is 7.72. The van der Waals surface area contributed by atoms with Gasteiger partial charge in [-0.15, -0.1) is 0 Å². The van der Waals surface area contributed by atoms with Crippen LogP contribution >= 0.6 is 0 Å². The van der Waals surface area contributed by atoms with Crippen LogP contribution in [0.15, 0.2) is 24.3 Å². The van der Waals surface area contributed by atoms with Gasteiger partial charge in [0.05, 0.1) is 12.2 Å². The van der Waals surface area contributed by atoms with E-state index >= 15 is 0 Å². The van der Waals surface area contributed by atoms with Gasteiger partial charge in [-0.3, -0.25) is 0 Å². The van der Waals surface area contributed by atoms with Gasteiger partial charge in [0, 0.05) is 6.61 Å². The molecule has 19 heavy (non-hydrogen) atoms. The predicted molar refractivity (Wildman–Crippen MR) is 76.0 cm³/mol. The van der Waals surface area contributed by atoms with E-state index in [1.54, 1.807) is 0 Å². The van der Waals surface area contributed by atoms with E-state index in [0.717, 1.165) is 37.9 Å². The van der Waals surface area contributed by atoms with E-state index < -0.39 is 0 Å². The smallest absolute Gasteiger partial charge is 0.0820 e. The minimum atomic E-state index is -0.278. The van der Waals surface area contributed by atoms with Gasteiger partial charge in [0.1, 0.15) is 0 Å². The maximum absolute atomic E-state index is 10.6. The number of aryl methyl sites for hydroxylation is 1. The Hall–Kier alpha value is -0.860. The summed E-state index contributed by atoms with van der Waals surface area (Å²) in [5.41, 5.74) is 2.51. The Balaban J connectivity index is 1.65. The van der Waals surface area contributed by atoms with Gasteiger partial charge in [0.15, 0.2) is 0 Å². The Morgan fingerprint density at radius 3 is 2.84 bits per heavy atom. The molecule has 0 saturated carbocycles. The minimum absolute atomic E-state index is 0.278. The molecule has 1 fully saturated rings. The lowest BCUT2D eigenvalue weighted by atomic mass is 9.88. The topological polar surface area (TPSA) is 29.5 Å². The molecule has 1 N–H and O–H groups in total. The normalized spacial score (nSPS) is 30.9. The van der Waals surface area contributed by atoms with Crippen LogP contribution < -0.4 is 0 Å². The third-order valence-electron chi connectivity index (χ3n) is 4.72. The van der Waals surface area contributed by atoms with Crippen molar-refractivity contribution in [3.63, 3.8) is 0 Å². The molecule has 3 atom stereocenters. The third kappa shape index (κ3) is 3.01. The molecule has 0 amide bonds. The molecule has 1 aliphatic carbocycles. The Labute approximate surface area is 115 Å². The number of aliphatic hydroxyl groups is 1. The van der Waals surface area contributed by atoms with Crippen molar-refractivity contribution < 1.29 is 9.84 Å². The Morgan fingerprint density at radius 1 is 1.11 bits per heavy atom. The monoisotopic (exact) mass is 260 g/mol. The summed E-state index contributed by atoms with van der Waals surface area (Å²) in [6.45, 7) is 0.931. The molecule has 2 nitrogen and oxygen atoms in total. The van der Waals surface area contributed by atoms with Gasteiger partial charge < -0.3 is 9.84 Å². The summed E-state index contributed by atoms with van der Waals surface area (Å²) >= 11 is 0. The fraction of sp³-hybridized carbons (Fsp3) is 0.647. The average molecular weight is 260 g/mol. The summed E-state index contributed by atoms with van der Waals surface area (Å²) < 4.78 is 5.70. The third-order valence-corrected chi connectivity index (χ3v) is 4.72. The van der Waals surface area contributed by atoms with Crippen LogP contribution in [0.4, 0.5) is 0 Å². The lowest BCUT2D eigenvalue weighted by Crippen LogP contribution is -2.15. The lowest BCUT2D eigenvalue weighted by Gasteiger charge is -2.23. The summed E-state index contributed by atoms with van der Waals surface area (Å²) in [7, 11) is 0. The zero-order valence-corrected chi connectivity index (χ0v) is 11.6. The standard InChI is InChI=1S/C17H24O2/c18-17-14(10-11-15-8-4-12-19-15)7-3-6-13-5-1-2-9-16(13)17/h1-2,5,9,14-15,17-18H,3-4,6-8,10-12H2. The van der Waals surface area contributed by atoms with Crippen molar-refractivity contribution in [3.05, 3.63) is 35.4 Å². The van der Waals surface area contributed by atoms with Crippen molar-refractivity contribution in [1.29, 1.82) is 0 Å². The maximum Gasteiger partial charge on any atom is 0.0820 e. The second kappa shape index (κ2) is 6.06. The largest absolute Gasteiger partial charge is 0.388 e. The first kappa shape index (κ1) is 13.1. The zero-order chi connectivity index (χ0) is 13.1. The number of rotatable bonds is 3. The van der Waals surface area contributed by atoms with E-state index in [2.05, 4.69) is 18.2 Å². The SMILES string of the molecule is OC1c2ccccc2CCCC1CCC1CCCO1. The number of hydrogen-bond donors (Lipinski definition) is 1. The summed E-state index contributed by atoms with van der Waals surface area (Å²) in [5, 5.41) is 10.6. The van der Waals surface area contributed by atoms with Crippen LogP contribution in [0.2, 0.25) is 0 Å². The van der Waals surface area contributed by atoms with Crippen molar-refractivity contribution in [2.45, 2.75) is 57.2 Å². The Morgan fingerprint density at radius 2 is 2.00 bits per heavy atom. The molecule has 0 spiro atoms. The quantitative estimate of drug-likeness (QED) is 0.841. The fourth-order valence-corrected chi connectivity index (χ4v) is 3.59. The van der Waals surface area contributed by atoms with Crippen LogP contribution in [-0.2, 0) is 11.2 Å². The van der Waals surface area contributed by atoms with Crippen LogP contribution in [0.3, 0.4) is 0 Å². The first-order chi connectivity index (χ1) is 9.34. The van der Waals surface area contributed by atoms with Gasteiger partial charge in [-0.05, 0) is 62.0 Å². The molecule has 2 heteroatoms. The van der Waals surface area contributed by atoms with E-state index in [1.165, 1.54) is 24.8 Å². The summed E-state index contributed by atoms with van der Waals surface area (Å²) in [6, 6.07) is 8.40. The zero-order valence-electron chi connectivity index (χ0n) is 11.6. The van der Waals surface area contributed by atoms with Crippen molar-refractivity contribution >= 4 is 0 Å². The molecule has 3 rings (SSSR count). The fourth-order valence-electron chi connectivity index (χ4n) is 3.59. The predicted octanol–water partition coefficient (Wildman–Crippen LogP) is 3.63. The molecule has 1 aromatic rings. The highest BCUT2D eigenvalue weighted by Gasteiger charge is 2.27. The van der Waals surface area contributed by atoms with Crippen molar-refractivity contribution in [2.24, 2.45) is 5.92 Å². The lowest BCUT2D eigenvalue weighted by molar-refractivity contribution is 0.0678. The van der Waals surface area contributed by atoms with E-state index in [4.69, 9.17) is 4.74 Å². The maximum atomic E-state index is 10.6. The van der Waals surface area contributed by atoms with Gasteiger partial charge in [-0.2, -0.15) is 0 Å². The highest BCUT2D eigenvalue weighted by molar-refractivity contribution is 5.30. The molecule has 0 bridgehead atoms. The highest BCUT2D eigenvalue weighted by Crippen LogP contribution is 2.36. The van der Waals surface area contributed by atoms with Crippen LogP contribution in [0.25, 0.3) is 0 Å². The van der Waals surface area contributed by atoms with E-state index in [1.807, 2.05) is 6.07 Å².